The minimum atomic E-state index is -0.475. The Labute approximate surface area is 104 Å². The zero-order chi connectivity index (χ0) is 12.0. The maximum atomic E-state index is 11.6. The van der Waals surface area contributed by atoms with Crippen LogP contribution in [0.25, 0.3) is 0 Å². The fourth-order valence-corrected chi connectivity index (χ4v) is 2.69. The van der Waals surface area contributed by atoms with Crippen molar-refractivity contribution in [2.24, 2.45) is 0 Å². The fourth-order valence-electron chi connectivity index (χ4n) is 1.16. The van der Waals surface area contributed by atoms with Crippen LogP contribution in [-0.2, 0) is 10.5 Å². The highest BCUT2D eigenvalue weighted by molar-refractivity contribution is 7.99. The first-order valence-electron chi connectivity index (χ1n) is 4.96. The Morgan fingerprint density at radius 3 is 3.06 bits per heavy atom. The zero-order valence-corrected chi connectivity index (χ0v) is 11.1. The van der Waals surface area contributed by atoms with E-state index in [1.165, 1.54) is 0 Å². The SMILES string of the molecule is CC(O)CN(C)C(=O)CSCc1cscn1. The van der Waals surface area contributed by atoms with Crippen LogP contribution in [0.3, 0.4) is 0 Å². The van der Waals surface area contributed by atoms with Gasteiger partial charge in [-0.15, -0.1) is 23.1 Å². The lowest BCUT2D eigenvalue weighted by molar-refractivity contribution is -0.128. The lowest BCUT2D eigenvalue weighted by Gasteiger charge is -2.18. The molecule has 0 bridgehead atoms. The molecule has 90 valence electrons. The Bertz CT molecular complexity index is 315. The van der Waals surface area contributed by atoms with Crippen LogP contribution in [0, 0.1) is 0 Å². The lowest BCUT2D eigenvalue weighted by atomic mass is 10.4. The van der Waals surface area contributed by atoms with Gasteiger partial charge in [-0.3, -0.25) is 4.79 Å². The van der Waals surface area contributed by atoms with Crippen LogP contribution >= 0.6 is 23.1 Å². The summed E-state index contributed by atoms with van der Waals surface area (Å²) in [4.78, 5) is 17.3. The molecule has 1 amide bonds. The van der Waals surface area contributed by atoms with Crippen LogP contribution in [0.4, 0.5) is 0 Å². The highest BCUT2D eigenvalue weighted by atomic mass is 32.2. The molecule has 1 heterocycles. The van der Waals surface area contributed by atoms with Crippen molar-refractivity contribution < 1.29 is 9.90 Å². The number of amides is 1. The van der Waals surface area contributed by atoms with Gasteiger partial charge in [-0.05, 0) is 6.92 Å². The largest absolute Gasteiger partial charge is 0.392 e. The first kappa shape index (κ1) is 13.5. The average Bonchev–Trinajstić information content (AvgIpc) is 2.69. The number of rotatable bonds is 6. The molecule has 0 spiro atoms. The topological polar surface area (TPSA) is 53.4 Å². The first-order valence-corrected chi connectivity index (χ1v) is 7.06. The quantitative estimate of drug-likeness (QED) is 0.835. The van der Waals surface area contributed by atoms with Gasteiger partial charge in [0, 0.05) is 24.7 Å². The molecule has 0 saturated carbocycles. The summed E-state index contributed by atoms with van der Waals surface area (Å²) in [6, 6.07) is 0. The van der Waals surface area contributed by atoms with Crippen molar-refractivity contribution in [2.75, 3.05) is 19.3 Å². The van der Waals surface area contributed by atoms with Gasteiger partial charge in [0.05, 0.1) is 23.1 Å². The smallest absolute Gasteiger partial charge is 0.232 e. The van der Waals surface area contributed by atoms with Gasteiger partial charge < -0.3 is 10.0 Å². The molecule has 0 aliphatic rings. The molecule has 0 fully saturated rings. The molecule has 1 aromatic rings. The Kier molecular flexibility index (Phi) is 5.79. The number of thiazole rings is 1. The van der Waals surface area contributed by atoms with Crippen molar-refractivity contribution >= 4 is 29.0 Å². The highest BCUT2D eigenvalue weighted by Gasteiger charge is 2.10. The van der Waals surface area contributed by atoms with E-state index in [1.54, 1.807) is 47.5 Å². The average molecular weight is 260 g/mol. The number of likely N-dealkylation sites (N-methyl/N-ethyl adjacent to an activating group) is 1. The second kappa shape index (κ2) is 6.88. The number of aromatic nitrogens is 1. The van der Waals surface area contributed by atoms with Crippen molar-refractivity contribution in [1.82, 2.24) is 9.88 Å². The Morgan fingerprint density at radius 1 is 1.75 bits per heavy atom. The molecule has 0 aliphatic heterocycles. The van der Waals surface area contributed by atoms with Crippen LogP contribution in [0.5, 0.6) is 0 Å². The number of hydrogen-bond acceptors (Lipinski definition) is 5. The molecule has 16 heavy (non-hydrogen) atoms. The molecular weight excluding hydrogens is 244 g/mol. The second-order valence-corrected chi connectivity index (χ2v) is 5.30. The van der Waals surface area contributed by atoms with Gasteiger partial charge >= 0.3 is 0 Å². The highest BCUT2D eigenvalue weighted by Crippen LogP contribution is 2.12. The summed E-state index contributed by atoms with van der Waals surface area (Å²) >= 11 is 3.11. The zero-order valence-electron chi connectivity index (χ0n) is 9.42. The van der Waals surface area contributed by atoms with Gasteiger partial charge in [0.1, 0.15) is 0 Å². The number of aliphatic hydroxyl groups excluding tert-OH is 1. The minimum absolute atomic E-state index is 0.0427. The summed E-state index contributed by atoms with van der Waals surface area (Å²) in [5, 5.41) is 11.1. The van der Waals surface area contributed by atoms with Crippen LogP contribution in [0.2, 0.25) is 0 Å². The first-order chi connectivity index (χ1) is 7.59. The standard InChI is InChI=1S/C10H16N2O2S2/c1-8(13)3-12(2)10(14)6-15-4-9-5-16-7-11-9/h5,7-8,13H,3-4,6H2,1-2H3. The van der Waals surface area contributed by atoms with E-state index in [-0.39, 0.29) is 5.91 Å². The molecular formula is C10H16N2O2S2. The van der Waals surface area contributed by atoms with E-state index in [4.69, 9.17) is 5.11 Å². The molecule has 0 saturated heterocycles. The second-order valence-electron chi connectivity index (χ2n) is 3.60. The Hall–Kier alpha value is -0.590. The maximum absolute atomic E-state index is 11.6. The van der Waals surface area contributed by atoms with E-state index in [0.29, 0.717) is 12.3 Å². The molecule has 1 N–H and O–H groups in total. The van der Waals surface area contributed by atoms with Crippen molar-refractivity contribution in [1.29, 1.82) is 0 Å². The number of carbonyl (C=O) groups is 1. The lowest BCUT2D eigenvalue weighted by Crippen LogP contribution is -2.34. The van der Waals surface area contributed by atoms with Gasteiger partial charge in [-0.2, -0.15) is 0 Å². The summed E-state index contributed by atoms with van der Waals surface area (Å²) in [7, 11) is 1.71. The Balaban J connectivity index is 2.19. The summed E-state index contributed by atoms with van der Waals surface area (Å²) in [5.41, 5.74) is 2.80. The van der Waals surface area contributed by atoms with E-state index in [1.807, 2.05) is 5.38 Å². The third-order valence-corrected chi connectivity index (χ3v) is 3.51. The fraction of sp³-hybridized carbons (Fsp3) is 0.600. The van der Waals surface area contributed by atoms with Gasteiger partial charge in [0.2, 0.25) is 5.91 Å². The molecule has 1 atom stereocenters. The number of nitrogens with zero attached hydrogens (tertiary/aromatic N) is 2. The molecule has 0 radical (unpaired) electrons. The normalized spacial score (nSPS) is 12.4. The summed E-state index contributed by atoms with van der Waals surface area (Å²) in [6.45, 7) is 2.06. The summed E-state index contributed by atoms with van der Waals surface area (Å²) < 4.78 is 0. The molecule has 6 heteroatoms. The third kappa shape index (κ3) is 4.96. The monoisotopic (exact) mass is 260 g/mol. The molecule has 0 aliphatic carbocycles. The predicted molar refractivity (Wildman–Crippen MR) is 67.6 cm³/mol. The molecule has 0 aromatic carbocycles. The number of hydrogen-bond donors (Lipinski definition) is 1. The van der Waals surface area contributed by atoms with Gasteiger partial charge in [0.15, 0.2) is 0 Å². The van der Waals surface area contributed by atoms with Crippen LogP contribution in [0.1, 0.15) is 12.6 Å². The number of carbonyl (C=O) groups excluding carboxylic acids is 1. The minimum Gasteiger partial charge on any atom is -0.392 e. The van der Waals surface area contributed by atoms with Crippen LogP contribution in [-0.4, -0.2) is 46.3 Å². The maximum Gasteiger partial charge on any atom is 0.232 e. The van der Waals surface area contributed by atoms with Crippen molar-refractivity contribution in [2.45, 2.75) is 18.8 Å². The molecule has 1 rings (SSSR count). The van der Waals surface area contributed by atoms with Crippen molar-refractivity contribution in [3.05, 3.63) is 16.6 Å². The Morgan fingerprint density at radius 2 is 2.50 bits per heavy atom. The van der Waals surface area contributed by atoms with E-state index < -0.39 is 6.10 Å². The number of aliphatic hydroxyl groups is 1. The predicted octanol–water partition coefficient (Wildman–Crippen LogP) is 1.22. The summed E-state index contributed by atoms with van der Waals surface area (Å²) in [5.74, 6) is 1.24. The van der Waals surface area contributed by atoms with Crippen molar-refractivity contribution in [3.8, 4) is 0 Å². The van der Waals surface area contributed by atoms with Crippen molar-refractivity contribution in [3.63, 3.8) is 0 Å². The third-order valence-electron chi connectivity index (χ3n) is 1.92. The number of thioether (sulfide) groups is 1. The van der Waals surface area contributed by atoms with E-state index in [2.05, 4.69) is 4.98 Å². The molecule has 1 unspecified atom stereocenters. The summed E-state index contributed by atoms with van der Waals surface area (Å²) in [6.07, 6.45) is -0.475. The molecule has 4 nitrogen and oxygen atoms in total. The van der Waals surface area contributed by atoms with Gasteiger partial charge in [-0.25, -0.2) is 4.98 Å². The van der Waals surface area contributed by atoms with Gasteiger partial charge in [0.25, 0.3) is 0 Å². The van der Waals surface area contributed by atoms with E-state index >= 15 is 0 Å². The molecule has 1 aromatic heterocycles. The van der Waals surface area contributed by atoms with E-state index in [0.717, 1.165) is 11.4 Å². The van der Waals surface area contributed by atoms with Crippen LogP contribution in [0.15, 0.2) is 10.9 Å². The van der Waals surface area contributed by atoms with Crippen LogP contribution < -0.4 is 0 Å². The van der Waals surface area contributed by atoms with E-state index in [9.17, 15) is 4.79 Å². The van der Waals surface area contributed by atoms with Gasteiger partial charge in [-0.1, -0.05) is 0 Å².